The molecule has 0 aromatic rings. The summed E-state index contributed by atoms with van der Waals surface area (Å²) in [7, 11) is 5.61. The lowest BCUT2D eigenvalue weighted by molar-refractivity contribution is -0.115. The van der Waals surface area contributed by atoms with Crippen LogP contribution in [-0.4, -0.2) is 163 Å². The van der Waals surface area contributed by atoms with E-state index in [4.69, 9.17) is 38.3 Å². The summed E-state index contributed by atoms with van der Waals surface area (Å²) in [6, 6.07) is 0. The molecule has 50 heavy (non-hydrogen) atoms. The molecule has 4 aliphatic rings. The fourth-order valence-electron chi connectivity index (χ4n) is 4.50. The number of ether oxygens (including phenoxy) is 8. The lowest BCUT2D eigenvalue weighted by Gasteiger charge is -2.15. The number of methoxy groups -OCH3 is 3. The van der Waals surface area contributed by atoms with E-state index in [0.717, 1.165) is 58.8 Å². The summed E-state index contributed by atoms with van der Waals surface area (Å²) in [6.07, 6.45) is 19.8. The van der Waals surface area contributed by atoms with Crippen LogP contribution in [0.2, 0.25) is 0 Å². The van der Waals surface area contributed by atoms with Gasteiger partial charge >= 0.3 is 0 Å². The number of epoxide rings is 1. The van der Waals surface area contributed by atoms with Crippen LogP contribution >= 0.6 is 0 Å². The summed E-state index contributed by atoms with van der Waals surface area (Å²) in [5.74, 6) is 0. The topological polar surface area (TPSA) is 192 Å². The fraction of sp³-hybridized carbons (Fsp3) is 0.778. The summed E-state index contributed by atoms with van der Waals surface area (Å²) in [5.41, 5.74) is 0. The first-order chi connectivity index (χ1) is 24.3. The van der Waals surface area contributed by atoms with Crippen molar-refractivity contribution in [3.8, 4) is 0 Å². The van der Waals surface area contributed by atoms with Crippen LogP contribution in [0.5, 0.6) is 0 Å². The number of aliphatic hydroxyl groups is 4. The molecule has 14 nitrogen and oxygen atoms in total. The molecule has 0 amide bonds. The number of carbonyl (C=O) groups is 2. The van der Waals surface area contributed by atoms with Crippen molar-refractivity contribution < 1.29 is 67.9 Å². The molecule has 0 saturated carbocycles. The van der Waals surface area contributed by atoms with E-state index in [1.807, 2.05) is 0 Å². The Morgan fingerprint density at radius 2 is 0.940 bits per heavy atom. The molecule has 0 spiro atoms. The number of hydrogen-bond acceptors (Lipinski definition) is 14. The third-order valence-electron chi connectivity index (χ3n) is 7.18. The molecular formula is C36H64O14. The van der Waals surface area contributed by atoms with Gasteiger partial charge in [-0.25, -0.2) is 0 Å². The SMILES string of the molecule is C1=CCC(OCC2CO2)C1.CO.COCC(O)COC(CC=O)CC=O.COCC(O)COC1CC=CC1.COCC(O)COC1CC=CC1. The first-order valence-electron chi connectivity index (χ1n) is 17.2. The number of aldehydes is 2. The molecule has 0 aromatic carbocycles. The van der Waals surface area contributed by atoms with Gasteiger partial charge < -0.3 is 67.9 Å². The van der Waals surface area contributed by atoms with E-state index in [0.29, 0.717) is 51.2 Å². The second kappa shape index (κ2) is 34.2. The first-order valence-corrected chi connectivity index (χ1v) is 17.2. The average Bonchev–Trinajstić information content (AvgIpc) is 3.52. The Morgan fingerprint density at radius 3 is 1.26 bits per heavy atom. The van der Waals surface area contributed by atoms with E-state index in [2.05, 4.69) is 41.2 Å². The maximum Gasteiger partial charge on any atom is 0.122 e. The molecule has 4 atom stereocenters. The van der Waals surface area contributed by atoms with E-state index >= 15 is 0 Å². The maximum atomic E-state index is 10.2. The van der Waals surface area contributed by atoms with Crippen molar-refractivity contribution in [2.24, 2.45) is 0 Å². The minimum absolute atomic E-state index is 0.0696. The zero-order chi connectivity index (χ0) is 37.2. The number of hydrogen-bond donors (Lipinski definition) is 4. The lowest BCUT2D eigenvalue weighted by Crippen LogP contribution is -2.25. The van der Waals surface area contributed by atoms with E-state index in [9.17, 15) is 24.9 Å². The van der Waals surface area contributed by atoms with Gasteiger partial charge in [0, 0.05) is 41.3 Å². The number of aliphatic hydroxyl groups excluding tert-OH is 4. The smallest absolute Gasteiger partial charge is 0.122 e. The molecule has 292 valence electrons. The Kier molecular flexibility index (Phi) is 32.9. The Bertz CT molecular complexity index is 798. The van der Waals surface area contributed by atoms with Crippen LogP contribution in [0.4, 0.5) is 0 Å². The van der Waals surface area contributed by atoms with Crippen molar-refractivity contribution >= 4 is 12.6 Å². The molecule has 3 aliphatic carbocycles. The van der Waals surface area contributed by atoms with Crippen LogP contribution in [0.15, 0.2) is 36.5 Å². The van der Waals surface area contributed by atoms with Gasteiger partial charge in [-0.15, -0.1) is 0 Å². The van der Waals surface area contributed by atoms with Gasteiger partial charge in [-0.2, -0.15) is 0 Å². The van der Waals surface area contributed by atoms with Crippen LogP contribution in [0.3, 0.4) is 0 Å². The van der Waals surface area contributed by atoms with Crippen LogP contribution in [-0.2, 0) is 47.5 Å². The van der Waals surface area contributed by atoms with Gasteiger partial charge in [-0.1, -0.05) is 36.5 Å². The van der Waals surface area contributed by atoms with E-state index < -0.39 is 24.4 Å². The lowest BCUT2D eigenvalue weighted by atomic mass is 10.2. The Labute approximate surface area is 298 Å². The zero-order valence-corrected chi connectivity index (χ0v) is 30.4. The van der Waals surface area contributed by atoms with Gasteiger partial charge in [0.15, 0.2) is 0 Å². The van der Waals surface area contributed by atoms with E-state index in [1.54, 1.807) is 14.2 Å². The molecule has 1 aliphatic heterocycles. The highest BCUT2D eigenvalue weighted by atomic mass is 16.6. The molecule has 4 N–H and O–H groups in total. The summed E-state index contributed by atoms with van der Waals surface area (Å²) < 4.78 is 40.8. The monoisotopic (exact) mass is 720 g/mol. The Morgan fingerprint density at radius 1 is 0.600 bits per heavy atom. The molecule has 0 bridgehead atoms. The third-order valence-corrected chi connectivity index (χ3v) is 7.18. The quantitative estimate of drug-likeness (QED) is 0.0718. The van der Waals surface area contributed by atoms with Crippen molar-refractivity contribution in [2.75, 3.05) is 81.3 Å². The highest BCUT2D eigenvalue weighted by Gasteiger charge is 2.24. The van der Waals surface area contributed by atoms with E-state index in [-0.39, 0.29) is 38.3 Å². The molecule has 1 heterocycles. The van der Waals surface area contributed by atoms with Crippen LogP contribution in [0.25, 0.3) is 0 Å². The normalized spacial score (nSPS) is 19.7. The number of carbonyl (C=O) groups excluding carboxylic acids is 2. The van der Waals surface area contributed by atoms with Gasteiger partial charge in [-0.3, -0.25) is 0 Å². The molecule has 1 saturated heterocycles. The van der Waals surface area contributed by atoms with Crippen LogP contribution in [0.1, 0.15) is 51.4 Å². The zero-order valence-electron chi connectivity index (χ0n) is 30.4. The summed E-state index contributed by atoms with van der Waals surface area (Å²) in [5, 5.41) is 34.7. The second-order valence-corrected chi connectivity index (χ2v) is 11.7. The molecular weight excluding hydrogens is 656 g/mol. The Balaban J connectivity index is 0.000000631. The third kappa shape index (κ3) is 28.7. The van der Waals surface area contributed by atoms with Crippen molar-refractivity contribution in [1.29, 1.82) is 0 Å². The average molecular weight is 721 g/mol. The minimum Gasteiger partial charge on any atom is -0.400 e. The summed E-state index contributed by atoms with van der Waals surface area (Å²) >= 11 is 0. The molecule has 1 fully saturated rings. The van der Waals surface area contributed by atoms with E-state index in [1.165, 1.54) is 7.11 Å². The number of rotatable bonds is 22. The van der Waals surface area contributed by atoms with Gasteiger partial charge in [-0.05, 0) is 38.5 Å². The van der Waals surface area contributed by atoms with Crippen molar-refractivity contribution in [1.82, 2.24) is 0 Å². The van der Waals surface area contributed by atoms with Gasteiger partial charge in [0.1, 0.15) is 37.0 Å². The standard InChI is InChI=1S/C9H16O5.2C9H16O3.C8H12O2.CH4O/c1-13-6-8(12)7-14-9(2-4-10)3-5-11;2*1-11-6-8(10)7-12-9-4-2-3-5-9;1-2-4-7(3-1)9-5-8-6-10-8;1-2/h4-5,8-9,12H,2-3,6-7H2,1H3;2*2-3,8-10H,4-7H2,1H3;1-2,7-8H,3-6H2;2H,1H3. The van der Waals surface area contributed by atoms with Crippen LogP contribution in [0, 0.1) is 0 Å². The molecule has 0 radical (unpaired) electrons. The van der Waals surface area contributed by atoms with Gasteiger partial charge in [0.05, 0.1) is 77.3 Å². The van der Waals surface area contributed by atoms with Crippen molar-refractivity contribution in [3.63, 3.8) is 0 Å². The second-order valence-electron chi connectivity index (χ2n) is 11.7. The van der Waals surface area contributed by atoms with Crippen molar-refractivity contribution in [3.05, 3.63) is 36.5 Å². The minimum atomic E-state index is -0.721. The molecule has 4 unspecified atom stereocenters. The Hall–Kier alpha value is -1.92. The summed E-state index contributed by atoms with van der Waals surface area (Å²) in [4.78, 5) is 20.4. The van der Waals surface area contributed by atoms with Crippen LogP contribution < -0.4 is 0 Å². The highest BCUT2D eigenvalue weighted by molar-refractivity contribution is 5.54. The predicted molar refractivity (Wildman–Crippen MR) is 187 cm³/mol. The van der Waals surface area contributed by atoms with Gasteiger partial charge in [0.25, 0.3) is 0 Å². The molecule has 4 rings (SSSR count). The molecule has 14 heteroatoms. The maximum absolute atomic E-state index is 10.2. The summed E-state index contributed by atoms with van der Waals surface area (Å²) in [6.45, 7) is 3.39. The largest absolute Gasteiger partial charge is 0.400 e. The fourth-order valence-corrected chi connectivity index (χ4v) is 4.50. The predicted octanol–water partition coefficient (Wildman–Crippen LogP) is 1.74. The first kappa shape index (κ1) is 48.1. The molecule has 0 aromatic heterocycles. The van der Waals surface area contributed by atoms with Crippen molar-refractivity contribution in [2.45, 2.75) is 100 Å². The van der Waals surface area contributed by atoms with Gasteiger partial charge in [0.2, 0.25) is 0 Å². The highest BCUT2D eigenvalue weighted by Crippen LogP contribution is 2.17.